The van der Waals surface area contributed by atoms with Crippen LogP contribution in [-0.2, 0) is 32.6 Å². The van der Waals surface area contributed by atoms with Gasteiger partial charge in [-0.3, -0.25) is 13.9 Å². The first-order chi connectivity index (χ1) is 17.5. The summed E-state index contributed by atoms with van der Waals surface area (Å²) < 4.78 is 41.2. The van der Waals surface area contributed by atoms with Crippen molar-refractivity contribution in [2.45, 2.75) is 32.9 Å². The largest absolute Gasteiger partial charge is 0.357 e. The summed E-state index contributed by atoms with van der Waals surface area (Å²) in [5.41, 5.74) is 3.21. The third-order valence-electron chi connectivity index (χ3n) is 6.27. The molecule has 0 bridgehead atoms. The van der Waals surface area contributed by atoms with Gasteiger partial charge in [0.15, 0.2) is 0 Å². The molecule has 0 aromatic heterocycles. The molecule has 7 nitrogen and oxygen atoms in total. The molecule has 0 saturated heterocycles. The van der Waals surface area contributed by atoms with E-state index in [0.29, 0.717) is 5.69 Å². The van der Waals surface area contributed by atoms with Gasteiger partial charge >= 0.3 is 0 Å². The maximum atomic E-state index is 14.6. The molecule has 196 valence electrons. The van der Waals surface area contributed by atoms with Gasteiger partial charge in [-0.25, -0.2) is 12.8 Å². The molecule has 3 rings (SSSR count). The van der Waals surface area contributed by atoms with Crippen LogP contribution in [0, 0.1) is 19.7 Å². The highest BCUT2D eigenvalue weighted by molar-refractivity contribution is 7.92. The lowest BCUT2D eigenvalue weighted by atomic mass is 10.0. The number of aryl methyl sites for hydroxylation is 2. The van der Waals surface area contributed by atoms with Crippen molar-refractivity contribution in [2.24, 2.45) is 0 Å². The molecule has 3 aromatic carbocycles. The number of anilines is 1. The summed E-state index contributed by atoms with van der Waals surface area (Å²) in [7, 11) is -2.39. The van der Waals surface area contributed by atoms with Crippen LogP contribution in [0.25, 0.3) is 0 Å². The topological polar surface area (TPSA) is 86.8 Å². The molecule has 9 heteroatoms. The molecule has 0 saturated carbocycles. The Morgan fingerprint density at radius 2 is 1.59 bits per heavy atom. The van der Waals surface area contributed by atoms with Gasteiger partial charge in [0.25, 0.3) is 0 Å². The Kier molecular flexibility index (Phi) is 9.04. The lowest BCUT2D eigenvalue weighted by molar-refractivity contribution is -0.139. The van der Waals surface area contributed by atoms with Crippen LogP contribution in [0.5, 0.6) is 0 Å². The van der Waals surface area contributed by atoms with Crippen molar-refractivity contribution in [3.05, 3.63) is 101 Å². The third-order valence-corrected chi connectivity index (χ3v) is 7.41. The quantitative estimate of drug-likeness (QED) is 0.438. The highest BCUT2D eigenvalue weighted by atomic mass is 32.2. The molecule has 37 heavy (non-hydrogen) atoms. The number of likely N-dealkylation sites (N-methyl/N-ethyl adjacent to an activating group) is 1. The summed E-state index contributed by atoms with van der Waals surface area (Å²) in [6.45, 7) is 3.01. The summed E-state index contributed by atoms with van der Waals surface area (Å²) >= 11 is 0. The summed E-state index contributed by atoms with van der Waals surface area (Å²) in [6.07, 6.45) is 1.19. The van der Waals surface area contributed by atoms with Gasteiger partial charge in [-0.2, -0.15) is 0 Å². The van der Waals surface area contributed by atoms with Gasteiger partial charge in [-0.1, -0.05) is 54.6 Å². The second kappa shape index (κ2) is 12.0. The van der Waals surface area contributed by atoms with E-state index in [1.807, 2.05) is 44.2 Å². The van der Waals surface area contributed by atoms with E-state index < -0.39 is 40.2 Å². The van der Waals surface area contributed by atoms with E-state index in [9.17, 15) is 22.4 Å². The molecular weight excluding hydrogens is 493 g/mol. The van der Waals surface area contributed by atoms with E-state index in [2.05, 4.69) is 5.32 Å². The number of hydrogen-bond acceptors (Lipinski definition) is 4. The number of carbonyl (C=O) groups excluding carboxylic acids is 2. The third kappa shape index (κ3) is 7.16. The summed E-state index contributed by atoms with van der Waals surface area (Å²) in [5, 5.41) is 2.59. The minimum absolute atomic E-state index is 0.170. The van der Waals surface area contributed by atoms with Crippen LogP contribution < -0.4 is 9.62 Å². The van der Waals surface area contributed by atoms with Crippen molar-refractivity contribution in [1.29, 1.82) is 0 Å². The predicted molar refractivity (Wildman–Crippen MR) is 143 cm³/mol. The molecule has 3 aromatic rings. The Bertz CT molecular complexity index is 1360. The molecule has 1 N–H and O–H groups in total. The average molecular weight is 526 g/mol. The molecule has 0 radical (unpaired) electrons. The highest BCUT2D eigenvalue weighted by Crippen LogP contribution is 2.23. The molecule has 0 aliphatic rings. The van der Waals surface area contributed by atoms with Crippen molar-refractivity contribution in [3.63, 3.8) is 0 Å². The molecule has 1 atom stereocenters. The second-order valence-electron chi connectivity index (χ2n) is 8.97. The van der Waals surface area contributed by atoms with Crippen LogP contribution in [-0.4, -0.2) is 51.0 Å². The van der Waals surface area contributed by atoms with E-state index in [-0.39, 0.29) is 18.5 Å². The Morgan fingerprint density at radius 3 is 2.19 bits per heavy atom. The number of carbonyl (C=O) groups is 2. The number of sulfonamides is 1. The number of hydrogen-bond donors (Lipinski definition) is 1. The summed E-state index contributed by atoms with van der Waals surface area (Å²) in [6, 6.07) is 19.3. The molecule has 0 spiro atoms. The number of rotatable bonds is 10. The molecule has 0 heterocycles. The number of benzene rings is 3. The minimum Gasteiger partial charge on any atom is -0.357 e. The van der Waals surface area contributed by atoms with Gasteiger partial charge in [-0.15, -0.1) is 0 Å². The first-order valence-corrected chi connectivity index (χ1v) is 13.7. The summed E-state index contributed by atoms with van der Waals surface area (Å²) in [4.78, 5) is 28.1. The van der Waals surface area contributed by atoms with E-state index in [1.54, 1.807) is 24.3 Å². The lowest BCUT2D eigenvalue weighted by Crippen LogP contribution is -2.53. The fourth-order valence-electron chi connectivity index (χ4n) is 4.03. The van der Waals surface area contributed by atoms with Crippen LogP contribution >= 0.6 is 0 Å². The zero-order valence-electron chi connectivity index (χ0n) is 21.4. The fourth-order valence-corrected chi connectivity index (χ4v) is 4.87. The smallest absolute Gasteiger partial charge is 0.244 e. The van der Waals surface area contributed by atoms with Gasteiger partial charge in [0.05, 0.1) is 11.9 Å². The molecule has 0 aliphatic heterocycles. The Hall–Kier alpha value is -3.72. The maximum absolute atomic E-state index is 14.6. The molecule has 0 unspecified atom stereocenters. The predicted octanol–water partition coefficient (Wildman–Crippen LogP) is 3.59. The monoisotopic (exact) mass is 525 g/mol. The number of nitrogens with zero attached hydrogens (tertiary/aromatic N) is 2. The lowest BCUT2D eigenvalue weighted by Gasteiger charge is -2.33. The van der Waals surface area contributed by atoms with E-state index in [4.69, 9.17) is 0 Å². The average Bonchev–Trinajstić information content (AvgIpc) is 2.86. The Labute approximate surface area is 218 Å². The van der Waals surface area contributed by atoms with Crippen molar-refractivity contribution in [2.75, 3.05) is 24.2 Å². The van der Waals surface area contributed by atoms with Gasteiger partial charge < -0.3 is 10.2 Å². The maximum Gasteiger partial charge on any atom is 0.244 e. The molecule has 0 aliphatic carbocycles. The van der Waals surface area contributed by atoms with Crippen LogP contribution in [0.15, 0.2) is 72.8 Å². The summed E-state index contributed by atoms with van der Waals surface area (Å²) in [5.74, 6) is -1.59. The van der Waals surface area contributed by atoms with Gasteiger partial charge in [-0.05, 0) is 48.7 Å². The molecule has 2 amide bonds. The number of nitrogens with one attached hydrogen (secondary N) is 1. The van der Waals surface area contributed by atoms with Crippen molar-refractivity contribution in [3.8, 4) is 0 Å². The van der Waals surface area contributed by atoms with E-state index in [0.717, 1.165) is 27.3 Å². The standard InChI is InChI=1S/C28H32FN3O4S/c1-20-14-15-24(16-21(20)2)32(37(4,35)36)19-27(33)31(18-23-12-8-9-13-25(23)29)26(28(34)30-3)17-22-10-6-5-7-11-22/h5-16,26H,17-19H2,1-4H3,(H,30,34)/t26-/m1/s1. The first kappa shape index (κ1) is 27.9. The molecular formula is C28H32FN3O4S. The SMILES string of the molecule is CNC(=O)[C@@H](Cc1ccccc1)N(Cc1ccccc1F)C(=O)CN(c1ccc(C)c(C)c1)S(C)(=O)=O. The van der Waals surface area contributed by atoms with E-state index in [1.165, 1.54) is 30.1 Å². The highest BCUT2D eigenvalue weighted by Gasteiger charge is 2.33. The minimum atomic E-state index is -3.86. The second-order valence-corrected chi connectivity index (χ2v) is 10.9. The van der Waals surface area contributed by atoms with Crippen LogP contribution in [0.4, 0.5) is 10.1 Å². The molecule has 0 fully saturated rings. The normalized spacial score (nSPS) is 12.0. The Morgan fingerprint density at radius 1 is 0.946 bits per heavy atom. The van der Waals surface area contributed by atoms with Gasteiger partial charge in [0, 0.05) is 25.6 Å². The van der Waals surface area contributed by atoms with Gasteiger partial charge in [0.2, 0.25) is 21.8 Å². The van der Waals surface area contributed by atoms with E-state index >= 15 is 0 Å². The van der Waals surface area contributed by atoms with Crippen LogP contribution in [0.3, 0.4) is 0 Å². The number of halogens is 1. The Balaban J connectivity index is 2.05. The zero-order valence-corrected chi connectivity index (χ0v) is 22.3. The van der Waals surface area contributed by atoms with Crippen LogP contribution in [0.2, 0.25) is 0 Å². The fraction of sp³-hybridized carbons (Fsp3) is 0.286. The van der Waals surface area contributed by atoms with Crippen molar-refractivity contribution in [1.82, 2.24) is 10.2 Å². The van der Waals surface area contributed by atoms with Crippen LogP contribution in [0.1, 0.15) is 22.3 Å². The first-order valence-electron chi connectivity index (χ1n) is 11.8. The number of amides is 2. The van der Waals surface area contributed by atoms with Crippen molar-refractivity contribution >= 4 is 27.5 Å². The van der Waals surface area contributed by atoms with Crippen molar-refractivity contribution < 1.29 is 22.4 Å². The van der Waals surface area contributed by atoms with Gasteiger partial charge in [0.1, 0.15) is 18.4 Å². The zero-order chi connectivity index (χ0) is 27.2.